The predicted octanol–water partition coefficient (Wildman–Crippen LogP) is 2.90. The van der Waals surface area contributed by atoms with Crippen molar-refractivity contribution in [3.63, 3.8) is 0 Å². The standard InChI is InChI=1S/C15H14N2O3/c1-3-20-15(18)11-7-9-12(8-16-11)17-10-5-4-6-13(19-2)14(9)10/h4-8,17H,3H2,1-2H3. The molecule has 0 saturated carbocycles. The minimum atomic E-state index is -0.418. The number of aromatic nitrogens is 2. The molecule has 0 aliphatic rings. The van der Waals surface area contributed by atoms with E-state index in [0.717, 1.165) is 27.6 Å². The average Bonchev–Trinajstić information content (AvgIpc) is 2.85. The molecule has 0 aliphatic heterocycles. The van der Waals surface area contributed by atoms with Crippen molar-refractivity contribution >= 4 is 27.8 Å². The Hall–Kier alpha value is -2.56. The zero-order chi connectivity index (χ0) is 14.1. The smallest absolute Gasteiger partial charge is 0.356 e. The third-order valence-electron chi connectivity index (χ3n) is 3.17. The van der Waals surface area contributed by atoms with Crippen LogP contribution in [-0.4, -0.2) is 29.7 Å². The van der Waals surface area contributed by atoms with Gasteiger partial charge in [-0.3, -0.25) is 0 Å². The zero-order valence-electron chi connectivity index (χ0n) is 11.3. The summed E-state index contributed by atoms with van der Waals surface area (Å²) in [6.07, 6.45) is 1.64. The summed E-state index contributed by atoms with van der Waals surface area (Å²) in [7, 11) is 1.63. The van der Waals surface area contributed by atoms with Gasteiger partial charge in [-0.1, -0.05) is 6.07 Å². The van der Waals surface area contributed by atoms with E-state index < -0.39 is 5.97 Å². The van der Waals surface area contributed by atoms with Crippen molar-refractivity contribution in [2.75, 3.05) is 13.7 Å². The fourth-order valence-electron chi connectivity index (χ4n) is 2.31. The van der Waals surface area contributed by atoms with Crippen LogP contribution in [0.25, 0.3) is 21.8 Å². The Bertz CT molecular complexity index is 792. The summed E-state index contributed by atoms with van der Waals surface area (Å²) >= 11 is 0. The minimum absolute atomic E-state index is 0.297. The van der Waals surface area contributed by atoms with Gasteiger partial charge in [-0.15, -0.1) is 0 Å². The molecular weight excluding hydrogens is 256 g/mol. The van der Waals surface area contributed by atoms with E-state index in [9.17, 15) is 4.79 Å². The van der Waals surface area contributed by atoms with E-state index in [2.05, 4.69) is 9.97 Å². The molecule has 1 N–H and O–H groups in total. The molecule has 0 fully saturated rings. The molecular formula is C15H14N2O3. The lowest BCUT2D eigenvalue weighted by Gasteiger charge is -2.03. The van der Waals surface area contributed by atoms with Gasteiger partial charge in [-0.05, 0) is 25.1 Å². The molecule has 0 spiro atoms. The van der Waals surface area contributed by atoms with Crippen LogP contribution in [0.15, 0.2) is 30.5 Å². The van der Waals surface area contributed by atoms with Gasteiger partial charge in [0, 0.05) is 10.8 Å². The van der Waals surface area contributed by atoms with Gasteiger partial charge >= 0.3 is 5.97 Å². The van der Waals surface area contributed by atoms with Crippen molar-refractivity contribution in [2.24, 2.45) is 0 Å². The van der Waals surface area contributed by atoms with Gasteiger partial charge in [0.2, 0.25) is 0 Å². The Balaban J connectivity index is 2.26. The van der Waals surface area contributed by atoms with Crippen LogP contribution < -0.4 is 4.74 Å². The van der Waals surface area contributed by atoms with Gasteiger partial charge in [0.05, 0.1) is 30.9 Å². The second kappa shape index (κ2) is 4.85. The highest BCUT2D eigenvalue weighted by atomic mass is 16.5. The van der Waals surface area contributed by atoms with Gasteiger partial charge in [0.15, 0.2) is 0 Å². The number of nitrogens with one attached hydrogen (secondary N) is 1. The van der Waals surface area contributed by atoms with Gasteiger partial charge in [0.25, 0.3) is 0 Å². The van der Waals surface area contributed by atoms with Gasteiger partial charge in [0.1, 0.15) is 11.4 Å². The summed E-state index contributed by atoms with van der Waals surface area (Å²) in [5.74, 6) is 0.341. The van der Waals surface area contributed by atoms with Crippen LogP contribution in [0, 0.1) is 0 Å². The molecule has 3 rings (SSSR count). The number of hydrogen-bond acceptors (Lipinski definition) is 4. The molecule has 3 aromatic rings. The van der Waals surface area contributed by atoms with E-state index in [1.54, 1.807) is 26.3 Å². The number of hydrogen-bond donors (Lipinski definition) is 1. The highest BCUT2D eigenvalue weighted by molar-refractivity contribution is 6.11. The number of H-pyrrole nitrogens is 1. The highest BCUT2D eigenvalue weighted by Gasteiger charge is 2.14. The Kier molecular flexibility index (Phi) is 3.02. The number of fused-ring (bicyclic) bond motifs is 3. The molecule has 0 bridgehead atoms. The fourth-order valence-corrected chi connectivity index (χ4v) is 2.31. The first-order valence-electron chi connectivity index (χ1n) is 6.36. The number of benzene rings is 1. The lowest BCUT2D eigenvalue weighted by molar-refractivity contribution is 0.0520. The average molecular weight is 270 g/mol. The lowest BCUT2D eigenvalue weighted by Crippen LogP contribution is -2.06. The topological polar surface area (TPSA) is 64.2 Å². The molecule has 0 radical (unpaired) electrons. The van der Waals surface area contributed by atoms with Crippen LogP contribution in [0.4, 0.5) is 0 Å². The fraction of sp³-hybridized carbons (Fsp3) is 0.200. The summed E-state index contributed by atoms with van der Waals surface area (Å²) < 4.78 is 10.4. The molecule has 102 valence electrons. The molecule has 20 heavy (non-hydrogen) atoms. The number of pyridine rings is 1. The first kappa shape index (κ1) is 12.5. The van der Waals surface area contributed by atoms with E-state index in [4.69, 9.17) is 9.47 Å². The Morgan fingerprint density at radius 1 is 1.35 bits per heavy atom. The van der Waals surface area contributed by atoms with E-state index in [1.807, 2.05) is 18.2 Å². The van der Waals surface area contributed by atoms with Gasteiger partial charge in [-0.2, -0.15) is 0 Å². The van der Waals surface area contributed by atoms with Crippen molar-refractivity contribution in [3.05, 3.63) is 36.2 Å². The van der Waals surface area contributed by atoms with Crippen molar-refractivity contribution in [3.8, 4) is 5.75 Å². The van der Waals surface area contributed by atoms with Crippen molar-refractivity contribution in [1.29, 1.82) is 0 Å². The van der Waals surface area contributed by atoms with Crippen molar-refractivity contribution < 1.29 is 14.3 Å². The van der Waals surface area contributed by atoms with E-state index in [1.165, 1.54) is 0 Å². The lowest BCUT2D eigenvalue weighted by atomic mass is 10.1. The summed E-state index contributed by atoms with van der Waals surface area (Å²) in [6.45, 7) is 2.10. The molecule has 0 saturated heterocycles. The summed E-state index contributed by atoms with van der Waals surface area (Å²) in [6, 6.07) is 7.49. The predicted molar refractivity (Wildman–Crippen MR) is 76.1 cm³/mol. The second-order valence-corrected chi connectivity index (χ2v) is 4.34. The normalized spacial score (nSPS) is 10.9. The SMILES string of the molecule is CCOC(=O)c1cc2c(cn1)[nH]c1cccc(OC)c12. The molecule has 5 nitrogen and oxygen atoms in total. The molecule has 0 aliphatic carbocycles. The molecule has 5 heteroatoms. The Morgan fingerprint density at radius 2 is 2.20 bits per heavy atom. The molecule has 2 heterocycles. The number of carbonyl (C=O) groups is 1. The third kappa shape index (κ3) is 1.87. The first-order valence-corrected chi connectivity index (χ1v) is 6.36. The molecule has 2 aromatic heterocycles. The summed E-state index contributed by atoms with van der Waals surface area (Å²) in [4.78, 5) is 19.2. The van der Waals surface area contributed by atoms with Crippen molar-refractivity contribution in [1.82, 2.24) is 9.97 Å². The number of aromatic amines is 1. The maximum absolute atomic E-state index is 11.8. The molecule has 0 amide bonds. The largest absolute Gasteiger partial charge is 0.496 e. The Morgan fingerprint density at radius 3 is 2.95 bits per heavy atom. The molecule has 0 unspecified atom stereocenters. The quantitative estimate of drug-likeness (QED) is 0.743. The molecule has 1 aromatic carbocycles. The monoisotopic (exact) mass is 270 g/mol. The number of rotatable bonds is 3. The number of nitrogens with zero attached hydrogens (tertiary/aromatic N) is 1. The number of carbonyl (C=O) groups excluding carboxylic acids is 1. The summed E-state index contributed by atoms with van der Waals surface area (Å²) in [5, 5.41) is 1.84. The highest BCUT2D eigenvalue weighted by Crippen LogP contribution is 2.32. The van der Waals surface area contributed by atoms with Crippen LogP contribution in [-0.2, 0) is 4.74 Å². The van der Waals surface area contributed by atoms with Crippen LogP contribution in [0.2, 0.25) is 0 Å². The maximum Gasteiger partial charge on any atom is 0.356 e. The minimum Gasteiger partial charge on any atom is -0.496 e. The van der Waals surface area contributed by atoms with Gasteiger partial charge in [-0.25, -0.2) is 9.78 Å². The zero-order valence-corrected chi connectivity index (χ0v) is 11.3. The Labute approximate surface area is 115 Å². The third-order valence-corrected chi connectivity index (χ3v) is 3.17. The number of methoxy groups -OCH3 is 1. The van der Waals surface area contributed by atoms with E-state index in [0.29, 0.717) is 12.3 Å². The first-order chi connectivity index (χ1) is 9.74. The van der Waals surface area contributed by atoms with Crippen LogP contribution in [0.1, 0.15) is 17.4 Å². The van der Waals surface area contributed by atoms with Crippen LogP contribution in [0.5, 0.6) is 5.75 Å². The van der Waals surface area contributed by atoms with Gasteiger partial charge < -0.3 is 14.5 Å². The second-order valence-electron chi connectivity index (χ2n) is 4.34. The van der Waals surface area contributed by atoms with E-state index in [-0.39, 0.29) is 0 Å². The van der Waals surface area contributed by atoms with E-state index >= 15 is 0 Å². The van der Waals surface area contributed by atoms with Crippen LogP contribution >= 0.6 is 0 Å². The summed E-state index contributed by atoms with van der Waals surface area (Å²) in [5.41, 5.74) is 2.10. The maximum atomic E-state index is 11.8. The molecule has 0 atom stereocenters. The van der Waals surface area contributed by atoms with Crippen LogP contribution in [0.3, 0.4) is 0 Å². The number of esters is 1. The van der Waals surface area contributed by atoms with Crippen molar-refractivity contribution in [2.45, 2.75) is 6.92 Å². The number of ether oxygens (including phenoxy) is 2.